The van der Waals surface area contributed by atoms with Gasteiger partial charge in [0.15, 0.2) is 0 Å². The average Bonchev–Trinajstić information content (AvgIpc) is 3.11. The lowest BCUT2D eigenvalue weighted by Gasteiger charge is -2.01. The number of benzene rings is 1. The molecule has 0 aliphatic rings. The first-order chi connectivity index (χ1) is 11.6. The SMILES string of the molecule is C/C(=N/NC(=O)c1cc(-c2ccc(C)cc2)n[nH]1)c1ccncc1. The molecule has 2 heterocycles. The van der Waals surface area contributed by atoms with Crippen LogP contribution in [0.3, 0.4) is 0 Å². The lowest BCUT2D eigenvalue weighted by atomic mass is 10.1. The number of carbonyl (C=O) groups excluding carboxylic acids is 1. The minimum absolute atomic E-state index is 0.339. The van der Waals surface area contributed by atoms with E-state index in [1.807, 2.05) is 50.2 Å². The standard InChI is InChI=1S/C18H17N5O/c1-12-3-5-15(6-4-12)16-11-17(22-21-16)18(24)23-20-13(2)14-7-9-19-10-8-14/h3-11H,1-2H3,(H,21,22)(H,23,24)/b20-13-. The zero-order chi connectivity index (χ0) is 16.9. The number of carbonyl (C=O) groups is 1. The third-order valence-corrected chi connectivity index (χ3v) is 3.59. The molecule has 0 aliphatic carbocycles. The van der Waals surface area contributed by atoms with Crippen molar-refractivity contribution in [3.05, 3.63) is 71.7 Å². The van der Waals surface area contributed by atoms with Gasteiger partial charge in [-0.2, -0.15) is 10.2 Å². The molecular weight excluding hydrogens is 302 g/mol. The number of rotatable bonds is 4. The van der Waals surface area contributed by atoms with Crippen LogP contribution in [-0.2, 0) is 0 Å². The molecule has 2 N–H and O–H groups in total. The molecule has 0 radical (unpaired) electrons. The normalized spacial score (nSPS) is 11.3. The number of H-pyrrole nitrogens is 1. The van der Waals surface area contributed by atoms with Gasteiger partial charge >= 0.3 is 0 Å². The summed E-state index contributed by atoms with van der Waals surface area (Å²) in [6, 6.07) is 13.3. The lowest BCUT2D eigenvalue weighted by Crippen LogP contribution is -2.19. The summed E-state index contributed by atoms with van der Waals surface area (Å²) in [6.07, 6.45) is 3.36. The Morgan fingerprint density at radius 1 is 1.12 bits per heavy atom. The van der Waals surface area contributed by atoms with Crippen LogP contribution in [0, 0.1) is 6.92 Å². The zero-order valence-corrected chi connectivity index (χ0v) is 13.4. The Labute approximate surface area is 139 Å². The molecule has 0 saturated heterocycles. The van der Waals surface area contributed by atoms with Gasteiger partial charge < -0.3 is 0 Å². The third kappa shape index (κ3) is 3.55. The van der Waals surface area contributed by atoms with Gasteiger partial charge in [0.1, 0.15) is 5.69 Å². The molecule has 6 nitrogen and oxygen atoms in total. The van der Waals surface area contributed by atoms with Crippen LogP contribution in [0.15, 0.2) is 60.0 Å². The molecule has 0 atom stereocenters. The number of amides is 1. The van der Waals surface area contributed by atoms with Crippen molar-refractivity contribution in [1.82, 2.24) is 20.6 Å². The van der Waals surface area contributed by atoms with E-state index in [1.54, 1.807) is 18.5 Å². The highest BCUT2D eigenvalue weighted by Gasteiger charge is 2.10. The fraction of sp³-hybridized carbons (Fsp3) is 0.111. The molecule has 1 aromatic carbocycles. The number of pyridine rings is 1. The van der Waals surface area contributed by atoms with E-state index >= 15 is 0 Å². The van der Waals surface area contributed by atoms with E-state index in [0.717, 1.165) is 16.8 Å². The molecule has 3 aromatic rings. The van der Waals surface area contributed by atoms with Gasteiger partial charge in [-0.05, 0) is 32.0 Å². The second kappa shape index (κ2) is 6.87. The number of hydrazone groups is 1. The van der Waals surface area contributed by atoms with Crippen LogP contribution in [0.25, 0.3) is 11.3 Å². The summed E-state index contributed by atoms with van der Waals surface area (Å²) in [6.45, 7) is 3.84. The first-order valence-electron chi connectivity index (χ1n) is 7.51. The van der Waals surface area contributed by atoms with Gasteiger partial charge in [-0.3, -0.25) is 14.9 Å². The van der Waals surface area contributed by atoms with Crippen molar-refractivity contribution in [3.8, 4) is 11.3 Å². The summed E-state index contributed by atoms with van der Waals surface area (Å²) in [4.78, 5) is 16.1. The predicted molar refractivity (Wildman–Crippen MR) is 92.7 cm³/mol. The van der Waals surface area contributed by atoms with Crippen molar-refractivity contribution in [2.24, 2.45) is 5.10 Å². The van der Waals surface area contributed by atoms with E-state index < -0.39 is 0 Å². The number of aromatic amines is 1. The Morgan fingerprint density at radius 3 is 2.54 bits per heavy atom. The van der Waals surface area contributed by atoms with Crippen LogP contribution in [0.4, 0.5) is 0 Å². The Morgan fingerprint density at radius 2 is 1.83 bits per heavy atom. The second-order valence-corrected chi connectivity index (χ2v) is 5.41. The molecular formula is C18H17N5O. The van der Waals surface area contributed by atoms with Crippen LogP contribution in [0.1, 0.15) is 28.5 Å². The van der Waals surface area contributed by atoms with Gasteiger partial charge in [0.05, 0.1) is 11.4 Å². The summed E-state index contributed by atoms with van der Waals surface area (Å²) in [7, 11) is 0. The van der Waals surface area contributed by atoms with Gasteiger partial charge in [-0.15, -0.1) is 0 Å². The van der Waals surface area contributed by atoms with Gasteiger partial charge in [-0.25, -0.2) is 5.43 Å². The maximum atomic E-state index is 12.2. The van der Waals surface area contributed by atoms with Gasteiger partial charge in [0.25, 0.3) is 5.91 Å². The van der Waals surface area contributed by atoms with Crippen LogP contribution >= 0.6 is 0 Å². The Hall–Kier alpha value is -3.28. The first kappa shape index (κ1) is 15.6. The number of hydrogen-bond donors (Lipinski definition) is 2. The maximum Gasteiger partial charge on any atom is 0.289 e. The van der Waals surface area contributed by atoms with E-state index in [2.05, 4.69) is 25.7 Å². The zero-order valence-electron chi connectivity index (χ0n) is 13.4. The summed E-state index contributed by atoms with van der Waals surface area (Å²) >= 11 is 0. The molecule has 0 fully saturated rings. The van der Waals surface area contributed by atoms with Crippen LogP contribution in [0.5, 0.6) is 0 Å². The van der Waals surface area contributed by atoms with Crippen LogP contribution < -0.4 is 5.43 Å². The topological polar surface area (TPSA) is 83.0 Å². The van der Waals surface area contributed by atoms with Crippen molar-refractivity contribution in [2.75, 3.05) is 0 Å². The van der Waals surface area contributed by atoms with E-state index in [1.165, 1.54) is 5.56 Å². The average molecular weight is 319 g/mol. The highest BCUT2D eigenvalue weighted by Crippen LogP contribution is 2.18. The predicted octanol–water partition coefficient (Wildman–Crippen LogP) is 2.93. The molecule has 1 amide bonds. The van der Waals surface area contributed by atoms with Crippen LogP contribution in [-0.4, -0.2) is 26.8 Å². The minimum Gasteiger partial charge on any atom is -0.272 e. The van der Waals surface area contributed by atoms with E-state index in [4.69, 9.17) is 0 Å². The van der Waals surface area contributed by atoms with Gasteiger partial charge in [-0.1, -0.05) is 29.8 Å². The highest BCUT2D eigenvalue weighted by atomic mass is 16.2. The first-order valence-corrected chi connectivity index (χ1v) is 7.51. The molecule has 24 heavy (non-hydrogen) atoms. The van der Waals surface area contributed by atoms with E-state index in [0.29, 0.717) is 11.4 Å². The van der Waals surface area contributed by atoms with Crippen molar-refractivity contribution in [1.29, 1.82) is 0 Å². The molecule has 0 saturated carbocycles. The monoisotopic (exact) mass is 319 g/mol. The Bertz CT molecular complexity index is 866. The molecule has 6 heteroatoms. The Balaban J connectivity index is 1.71. The largest absolute Gasteiger partial charge is 0.289 e. The maximum absolute atomic E-state index is 12.2. The molecule has 0 bridgehead atoms. The van der Waals surface area contributed by atoms with E-state index in [-0.39, 0.29) is 5.91 Å². The molecule has 120 valence electrons. The van der Waals surface area contributed by atoms with Crippen molar-refractivity contribution < 1.29 is 4.79 Å². The summed E-state index contributed by atoms with van der Waals surface area (Å²) in [5.74, 6) is -0.339. The van der Waals surface area contributed by atoms with Crippen molar-refractivity contribution >= 4 is 11.6 Å². The lowest BCUT2D eigenvalue weighted by molar-refractivity contribution is 0.0950. The number of nitrogens with zero attached hydrogens (tertiary/aromatic N) is 3. The summed E-state index contributed by atoms with van der Waals surface area (Å²) in [5, 5.41) is 11.0. The smallest absolute Gasteiger partial charge is 0.272 e. The molecule has 2 aromatic heterocycles. The van der Waals surface area contributed by atoms with Crippen molar-refractivity contribution in [2.45, 2.75) is 13.8 Å². The highest BCUT2D eigenvalue weighted by molar-refractivity contribution is 6.00. The summed E-state index contributed by atoms with van der Waals surface area (Å²) < 4.78 is 0. The molecule has 0 aliphatic heterocycles. The fourth-order valence-electron chi connectivity index (χ4n) is 2.16. The summed E-state index contributed by atoms with van der Waals surface area (Å²) in [5.41, 5.74) is 7.33. The van der Waals surface area contributed by atoms with Gasteiger partial charge in [0, 0.05) is 23.5 Å². The second-order valence-electron chi connectivity index (χ2n) is 5.41. The number of nitrogens with one attached hydrogen (secondary N) is 2. The fourth-order valence-corrected chi connectivity index (χ4v) is 2.16. The number of aryl methyl sites for hydroxylation is 1. The molecule has 0 unspecified atom stereocenters. The minimum atomic E-state index is -0.339. The van der Waals surface area contributed by atoms with E-state index in [9.17, 15) is 4.79 Å². The van der Waals surface area contributed by atoms with Crippen molar-refractivity contribution in [3.63, 3.8) is 0 Å². The molecule has 3 rings (SSSR count). The van der Waals surface area contributed by atoms with Crippen LogP contribution in [0.2, 0.25) is 0 Å². The quantitative estimate of drug-likeness (QED) is 0.573. The number of aromatic nitrogens is 3. The number of hydrogen-bond acceptors (Lipinski definition) is 4. The molecule has 0 spiro atoms. The van der Waals surface area contributed by atoms with Gasteiger partial charge in [0.2, 0.25) is 0 Å². The third-order valence-electron chi connectivity index (χ3n) is 3.59. The Kier molecular flexibility index (Phi) is 4.47.